The summed E-state index contributed by atoms with van der Waals surface area (Å²) in [5, 5.41) is 15.5. The fourth-order valence-corrected chi connectivity index (χ4v) is 1.83. The zero-order chi connectivity index (χ0) is 12.1. The molecule has 0 fully saturated rings. The summed E-state index contributed by atoms with van der Waals surface area (Å²) in [4.78, 5) is 4.36. The molecule has 0 aromatic heterocycles. The normalized spacial score (nSPS) is 21.1. The SMILES string of the molecule is C/C=C/C1NC(=NCCO)c2ccccc2N1. The molecule has 90 valence electrons. The van der Waals surface area contributed by atoms with Gasteiger partial charge in [0.1, 0.15) is 12.0 Å². The van der Waals surface area contributed by atoms with Crippen LogP contribution in [0.5, 0.6) is 0 Å². The van der Waals surface area contributed by atoms with Gasteiger partial charge in [0.05, 0.1) is 13.2 Å². The van der Waals surface area contributed by atoms with Crippen LogP contribution in [0.3, 0.4) is 0 Å². The standard InChI is InChI=1S/C13H17N3O/c1-2-5-12-15-11-7-4-3-6-10(11)13(16-12)14-8-9-17/h2-7,12,15,17H,8-9H2,1H3,(H,14,16)/b5-2+. The molecule has 3 N–H and O–H groups in total. The van der Waals surface area contributed by atoms with Crippen LogP contribution in [-0.4, -0.2) is 30.3 Å². The topological polar surface area (TPSA) is 56.7 Å². The average molecular weight is 231 g/mol. The summed E-state index contributed by atoms with van der Waals surface area (Å²) in [6.45, 7) is 2.46. The van der Waals surface area contributed by atoms with Crippen molar-refractivity contribution < 1.29 is 5.11 Å². The van der Waals surface area contributed by atoms with Crippen molar-refractivity contribution in [3.8, 4) is 0 Å². The van der Waals surface area contributed by atoms with Crippen LogP contribution in [0.15, 0.2) is 41.4 Å². The van der Waals surface area contributed by atoms with Gasteiger partial charge in [0.25, 0.3) is 0 Å². The van der Waals surface area contributed by atoms with Gasteiger partial charge < -0.3 is 15.7 Å². The van der Waals surface area contributed by atoms with Crippen LogP contribution in [0, 0.1) is 0 Å². The molecule has 0 saturated carbocycles. The Morgan fingerprint density at radius 1 is 1.35 bits per heavy atom. The van der Waals surface area contributed by atoms with Crippen LogP contribution in [0.25, 0.3) is 0 Å². The Labute approximate surface area is 101 Å². The molecule has 4 heteroatoms. The van der Waals surface area contributed by atoms with E-state index in [1.807, 2.05) is 43.3 Å². The summed E-state index contributed by atoms with van der Waals surface area (Å²) in [7, 11) is 0. The van der Waals surface area contributed by atoms with Gasteiger partial charge in [0, 0.05) is 11.3 Å². The molecule has 2 rings (SSSR count). The number of allylic oxidation sites excluding steroid dienone is 1. The number of fused-ring (bicyclic) bond motifs is 1. The van der Waals surface area contributed by atoms with E-state index >= 15 is 0 Å². The molecule has 4 nitrogen and oxygen atoms in total. The maximum atomic E-state index is 8.85. The lowest BCUT2D eigenvalue weighted by Gasteiger charge is -2.28. The van der Waals surface area contributed by atoms with Crippen molar-refractivity contribution in [2.45, 2.75) is 13.1 Å². The molecule has 0 amide bonds. The average Bonchev–Trinajstić information content (AvgIpc) is 2.36. The highest BCUT2D eigenvalue weighted by atomic mass is 16.3. The molecule has 1 unspecified atom stereocenters. The highest BCUT2D eigenvalue weighted by Crippen LogP contribution is 2.20. The van der Waals surface area contributed by atoms with Crippen molar-refractivity contribution in [3.05, 3.63) is 42.0 Å². The second-order valence-corrected chi connectivity index (χ2v) is 3.79. The van der Waals surface area contributed by atoms with Gasteiger partial charge in [-0.1, -0.05) is 18.2 Å². The van der Waals surface area contributed by atoms with Gasteiger partial charge in [-0.25, -0.2) is 0 Å². The van der Waals surface area contributed by atoms with E-state index in [-0.39, 0.29) is 12.8 Å². The Bertz CT molecular complexity index is 440. The van der Waals surface area contributed by atoms with Gasteiger partial charge in [-0.2, -0.15) is 0 Å². The van der Waals surface area contributed by atoms with Crippen molar-refractivity contribution in [3.63, 3.8) is 0 Å². The number of hydrogen-bond acceptors (Lipinski definition) is 3. The summed E-state index contributed by atoms with van der Waals surface area (Å²) in [6.07, 6.45) is 4.07. The van der Waals surface area contributed by atoms with E-state index in [0.29, 0.717) is 6.54 Å². The van der Waals surface area contributed by atoms with Crippen molar-refractivity contribution in [2.24, 2.45) is 4.99 Å². The van der Waals surface area contributed by atoms with Crippen molar-refractivity contribution in [2.75, 3.05) is 18.5 Å². The minimum Gasteiger partial charge on any atom is -0.394 e. The van der Waals surface area contributed by atoms with Gasteiger partial charge in [-0.05, 0) is 25.1 Å². The van der Waals surface area contributed by atoms with Crippen molar-refractivity contribution >= 4 is 11.5 Å². The summed E-state index contributed by atoms with van der Waals surface area (Å²) >= 11 is 0. The number of aliphatic imine (C=N–C) groups is 1. The molecule has 1 aromatic carbocycles. The van der Waals surface area contributed by atoms with E-state index in [9.17, 15) is 0 Å². The van der Waals surface area contributed by atoms with E-state index < -0.39 is 0 Å². The molecule has 0 bridgehead atoms. The molecule has 1 atom stereocenters. The monoisotopic (exact) mass is 231 g/mol. The maximum Gasteiger partial charge on any atom is 0.132 e. The Hall–Kier alpha value is -1.81. The lowest BCUT2D eigenvalue weighted by atomic mass is 10.1. The smallest absolute Gasteiger partial charge is 0.132 e. The molecule has 0 aliphatic carbocycles. The van der Waals surface area contributed by atoms with Gasteiger partial charge >= 0.3 is 0 Å². The third kappa shape index (κ3) is 2.65. The fourth-order valence-electron chi connectivity index (χ4n) is 1.83. The molecule has 17 heavy (non-hydrogen) atoms. The molecule has 1 aromatic rings. The molecule has 1 aliphatic rings. The van der Waals surface area contributed by atoms with Crippen LogP contribution in [0.4, 0.5) is 5.69 Å². The molecule has 0 spiro atoms. The summed E-state index contributed by atoms with van der Waals surface area (Å²) in [5.74, 6) is 0.830. The van der Waals surface area contributed by atoms with E-state index in [1.54, 1.807) is 0 Å². The Morgan fingerprint density at radius 3 is 2.94 bits per heavy atom. The third-order valence-corrected chi connectivity index (χ3v) is 2.54. The number of rotatable bonds is 3. The number of para-hydroxylation sites is 1. The van der Waals surface area contributed by atoms with Gasteiger partial charge in [0.15, 0.2) is 0 Å². The molecule has 0 saturated heterocycles. The number of aliphatic hydroxyl groups is 1. The van der Waals surface area contributed by atoms with Crippen LogP contribution in [0.2, 0.25) is 0 Å². The number of anilines is 1. The molecular formula is C13H17N3O. The van der Waals surface area contributed by atoms with Gasteiger partial charge in [-0.15, -0.1) is 0 Å². The number of nitrogens with zero attached hydrogens (tertiary/aromatic N) is 1. The highest BCUT2D eigenvalue weighted by Gasteiger charge is 2.18. The van der Waals surface area contributed by atoms with E-state index in [1.165, 1.54) is 0 Å². The largest absolute Gasteiger partial charge is 0.394 e. The number of amidine groups is 1. The van der Waals surface area contributed by atoms with Crippen LogP contribution >= 0.6 is 0 Å². The third-order valence-electron chi connectivity index (χ3n) is 2.54. The predicted molar refractivity (Wildman–Crippen MR) is 70.3 cm³/mol. The van der Waals surface area contributed by atoms with E-state index in [0.717, 1.165) is 17.1 Å². The first-order chi connectivity index (χ1) is 8.35. The Morgan fingerprint density at radius 2 is 2.18 bits per heavy atom. The first-order valence-corrected chi connectivity index (χ1v) is 5.75. The first kappa shape index (κ1) is 11.7. The number of benzene rings is 1. The molecule has 1 aliphatic heterocycles. The summed E-state index contributed by atoms with van der Waals surface area (Å²) < 4.78 is 0. The lowest BCUT2D eigenvalue weighted by molar-refractivity contribution is 0.306. The van der Waals surface area contributed by atoms with Crippen molar-refractivity contribution in [1.82, 2.24) is 5.32 Å². The molecular weight excluding hydrogens is 214 g/mol. The van der Waals surface area contributed by atoms with E-state index in [4.69, 9.17) is 5.11 Å². The van der Waals surface area contributed by atoms with Crippen LogP contribution in [-0.2, 0) is 0 Å². The fraction of sp³-hybridized carbons (Fsp3) is 0.308. The predicted octanol–water partition coefficient (Wildman–Crippen LogP) is 1.34. The summed E-state index contributed by atoms with van der Waals surface area (Å²) in [5.41, 5.74) is 2.10. The van der Waals surface area contributed by atoms with E-state index in [2.05, 4.69) is 15.6 Å². The minimum absolute atomic E-state index is 0.0485. The highest BCUT2D eigenvalue weighted by molar-refractivity contribution is 6.05. The van der Waals surface area contributed by atoms with Crippen LogP contribution < -0.4 is 10.6 Å². The Kier molecular flexibility index (Phi) is 3.77. The lowest BCUT2D eigenvalue weighted by Crippen LogP contribution is -2.44. The quantitative estimate of drug-likeness (QED) is 0.688. The first-order valence-electron chi connectivity index (χ1n) is 5.75. The molecule has 0 radical (unpaired) electrons. The Balaban J connectivity index is 2.32. The molecule has 1 heterocycles. The zero-order valence-corrected chi connectivity index (χ0v) is 9.85. The van der Waals surface area contributed by atoms with Crippen molar-refractivity contribution in [1.29, 1.82) is 0 Å². The maximum absolute atomic E-state index is 8.85. The zero-order valence-electron chi connectivity index (χ0n) is 9.85. The number of aliphatic hydroxyl groups excluding tert-OH is 1. The summed E-state index contributed by atoms with van der Waals surface area (Å²) in [6, 6.07) is 8.01. The van der Waals surface area contributed by atoms with Crippen LogP contribution in [0.1, 0.15) is 12.5 Å². The van der Waals surface area contributed by atoms with Gasteiger partial charge in [0.2, 0.25) is 0 Å². The second-order valence-electron chi connectivity index (χ2n) is 3.79. The van der Waals surface area contributed by atoms with Gasteiger partial charge in [-0.3, -0.25) is 4.99 Å². The number of nitrogens with one attached hydrogen (secondary N) is 2. The second kappa shape index (κ2) is 5.50. The minimum atomic E-state index is 0.0485. The number of hydrogen-bond donors (Lipinski definition) is 3.